The predicted octanol–water partition coefficient (Wildman–Crippen LogP) is -0.115. The maximum absolute atomic E-state index is 13.1. The molecule has 1 saturated heterocycles. The maximum Gasteiger partial charge on any atom is 0.429 e. The summed E-state index contributed by atoms with van der Waals surface area (Å²) in [5.41, 5.74) is 0.906. The highest BCUT2D eigenvalue weighted by Gasteiger charge is 2.53. The average molecular weight is 685 g/mol. The quantitative estimate of drug-likeness (QED) is 0.0680. The molecule has 0 aromatic carbocycles. The molecule has 21 heteroatoms. The number of anilines is 1. The molecule has 4 N–H and O–H groups in total. The molecule has 1 fully saturated rings. The number of carboxylic acids is 1. The zero-order valence-electron chi connectivity index (χ0n) is 22.1. The Balaban J connectivity index is 1.31. The molecule has 0 bridgehead atoms. The van der Waals surface area contributed by atoms with Gasteiger partial charge in [0.05, 0.1) is 17.4 Å². The largest absolute Gasteiger partial charge is 0.543 e. The van der Waals surface area contributed by atoms with Crippen LogP contribution in [0.5, 0.6) is 0 Å². The lowest BCUT2D eigenvalue weighted by Gasteiger charge is -2.50. The molecule has 0 radical (unpaired) electrons. The Hall–Kier alpha value is -3.39. The minimum Gasteiger partial charge on any atom is -0.543 e. The average Bonchev–Trinajstić information content (AvgIpc) is 3.60. The highest BCUT2D eigenvalue weighted by molar-refractivity contribution is 8.07. The van der Waals surface area contributed by atoms with Crippen molar-refractivity contribution in [3.05, 3.63) is 46.3 Å². The molecule has 3 aromatic rings. The summed E-state index contributed by atoms with van der Waals surface area (Å²) in [6, 6.07) is 2.72. The Kier molecular flexibility index (Phi) is 9.16. The van der Waals surface area contributed by atoms with E-state index in [1.807, 2.05) is 46.6 Å². The third-order valence-electron chi connectivity index (χ3n) is 5.76. The number of nitrogens with zero attached hydrogens (tertiary/aromatic N) is 6. The van der Waals surface area contributed by atoms with Crippen molar-refractivity contribution in [2.45, 2.75) is 22.7 Å². The van der Waals surface area contributed by atoms with Gasteiger partial charge in [-0.15, -0.1) is 23.1 Å². The molecule has 5 rings (SSSR count). The van der Waals surface area contributed by atoms with E-state index < -0.39 is 42.7 Å². The fourth-order valence-corrected chi connectivity index (χ4v) is 8.59. The first-order valence-electron chi connectivity index (χ1n) is 12.1. The van der Waals surface area contributed by atoms with Gasteiger partial charge in [0, 0.05) is 45.3 Å². The Morgan fingerprint density at radius 2 is 2.07 bits per heavy atom. The first kappa shape index (κ1) is 31.0. The number of carboxylic acid groups (broad SMARTS) is 1. The molecule has 2 aliphatic heterocycles. The standard InChI is InChI=1S/C22H21N8O8PS4/c1-3-38-26-13(16-25-21(43-28-16)27-39(35,36)37)17(31)24-14-18(32)30-15(20(33)34)12(9-40-19(14)30)42-22-23-11(8-41-22)10-4-6-29(2)7-5-10/h4-8,14,19H,3,9H2,1-2H3,(H4-,24,25,27,28,31,33,34,35,36,37)/b26-13-/t14?,19-/m1/s1. The van der Waals surface area contributed by atoms with Crippen molar-refractivity contribution in [2.75, 3.05) is 17.4 Å². The van der Waals surface area contributed by atoms with E-state index in [-0.39, 0.29) is 29.0 Å². The van der Waals surface area contributed by atoms with Gasteiger partial charge in [-0.2, -0.15) is 9.36 Å². The van der Waals surface area contributed by atoms with Gasteiger partial charge in [0.15, 0.2) is 16.7 Å². The van der Waals surface area contributed by atoms with Crippen LogP contribution in [0.2, 0.25) is 0 Å². The Bertz CT molecular complexity index is 1690. The molecule has 2 atom stereocenters. The van der Waals surface area contributed by atoms with Gasteiger partial charge in [-0.05, 0) is 6.92 Å². The summed E-state index contributed by atoms with van der Waals surface area (Å²) < 4.78 is 17.6. The molecule has 0 aliphatic carbocycles. The molecule has 43 heavy (non-hydrogen) atoms. The molecule has 1 unspecified atom stereocenters. The van der Waals surface area contributed by atoms with Gasteiger partial charge in [-0.25, -0.2) is 14.1 Å². The second-order valence-corrected chi connectivity index (χ2v) is 14.1. The van der Waals surface area contributed by atoms with E-state index in [1.165, 1.54) is 23.1 Å². The number of thioether (sulfide) groups is 2. The van der Waals surface area contributed by atoms with Crippen molar-refractivity contribution in [3.8, 4) is 11.3 Å². The van der Waals surface area contributed by atoms with E-state index in [9.17, 15) is 24.1 Å². The molecule has 2 aliphatic rings. The summed E-state index contributed by atoms with van der Waals surface area (Å²) in [6.07, 6.45) is 3.78. The van der Waals surface area contributed by atoms with Crippen molar-refractivity contribution in [2.24, 2.45) is 12.2 Å². The van der Waals surface area contributed by atoms with Gasteiger partial charge in [0.2, 0.25) is 16.7 Å². The van der Waals surface area contributed by atoms with Crippen LogP contribution in [0.3, 0.4) is 0 Å². The number of rotatable bonds is 11. The molecule has 2 amide bonds. The third-order valence-corrected chi connectivity index (χ3v) is 10.5. The smallest absolute Gasteiger partial charge is 0.429 e. The SMILES string of the molecule is CCO/N=C(\C(=O)NC1C(=O)N2C(C(=O)[O-])=C(Sc3nc(-c4cc[n+](C)cc4)cs3)CS[C@H]12)c1nsc(NP(=O)(O)O)n1. The highest BCUT2D eigenvalue weighted by Crippen LogP contribution is 2.45. The van der Waals surface area contributed by atoms with E-state index in [1.54, 1.807) is 6.92 Å². The number of pyridine rings is 1. The zero-order valence-corrected chi connectivity index (χ0v) is 26.2. The van der Waals surface area contributed by atoms with E-state index in [0.29, 0.717) is 20.8 Å². The fraction of sp³-hybridized carbons (Fsp3) is 0.273. The van der Waals surface area contributed by atoms with Crippen LogP contribution in [0.25, 0.3) is 11.3 Å². The Morgan fingerprint density at radius 1 is 1.33 bits per heavy atom. The maximum atomic E-state index is 13.1. The number of aliphatic carboxylic acids is 1. The number of nitrogens with one attached hydrogen (secondary N) is 2. The Labute approximate surface area is 259 Å². The second kappa shape index (κ2) is 12.7. The van der Waals surface area contributed by atoms with Gasteiger partial charge >= 0.3 is 7.75 Å². The van der Waals surface area contributed by atoms with Gasteiger partial charge < -0.3 is 29.8 Å². The summed E-state index contributed by atoms with van der Waals surface area (Å²) in [7, 11) is -2.78. The lowest BCUT2D eigenvalue weighted by molar-refractivity contribution is -0.671. The second-order valence-electron chi connectivity index (χ2n) is 8.71. The number of hydrogen-bond acceptors (Lipinski definition) is 14. The fourth-order valence-electron chi connectivity index (χ4n) is 3.89. The van der Waals surface area contributed by atoms with Crippen LogP contribution in [0.1, 0.15) is 12.7 Å². The van der Waals surface area contributed by atoms with Crippen molar-refractivity contribution in [1.82, 2.24) is 24.6 Å². The van der Waals surface area contributed by atoms with E-state index in [4.69, 9.17) is 14.6 Å². The summed E-state index contributed by atoms with van der Waals surface area (Å²) in [4.78, 5) is 71.5. The summed E-state index contributed by atoms with van der Waals surface area (Å²) in [6.45, 7) is 1.69. The summed E-state index contributed by atoms with van der Waals surface area (Å²) in [5, 5.41) is 21.1. The number of carbonyl (C=O) groups is 3. The number of oxime groups is 1. The van der Waals surface area contributed by atoms with Crippen LogP contribution >= 0.6 is 54.1 Å². The number of carbonyl (C=O) groups excluding carboxylic acids is 3. The molecule has 3 aromatic heterocycles. The number of β-lactam (4-membered cyclic amide) rings is 1. The number of fused-ring (bicyclic) bond motifs is 1. The molecular formula is C22H21N8O8PS4. The van der Waals surface area contributed by atoms with E-state index in [2.05, 4.69) is 24.8 Å². The molecular weight excluding hydrogens is 664 g/mol. The number of aromatic nitrogens is 4. The first-order chi connectivity index (χ1) is 20.4. The van der Waals surface area contributed by atoms with Gasteiger partial charge in [0.25, 0.3) is 11.8 Å². The molecule has 226 valence electrons. The normalized spacial score (nSPS) is 18.7. The van der Waals surface area contributed by atoms with Crippen molar-refractivity contribution in [3.63, 3.8) is 0 Å². The number of thiazole rings is 1. The first-order valence-corrected chi connectivity index (χ1v) is 17.2. The molecule has 0 saturated carbocycles. The summed E-state index contributed by atoms with van der Waals surface area (Å²) >= 11 is 4.31. The van der Waals surface area contributed by atoms with E-state index in [0.717, 1.165) is 27.9 Å². The van der Waals surface area contributed by atoms with Crippen LogP contribution in [0.4, 0.5) is 5.13 Å². The van der Waals surface area contributed by atoms with Crippen LogP contribution < -0.4 is 20.1 Å². The van der Waals surface area contributed by atoms with Crippen molar-refractivity contribution >= 4 is 82.8 Å². The topological polar surface area (TPSA) is 223 Å². The van der Waals surface area contributed by atoms with Crippen LogP contribution in [-0.2, 0) is 30.8 Å². The van der Waals surface area contributed by atoms with Crippen LogP contribution in [0, 0.1) is 0 Å². The zero-order chi connectivity index (χ0) is 30.9. The number of hydrogen-bond donors (Lipinski definition) is 4. The van der Waals surface area contributed by atoms with Gasteiger partial charge in [-0.3, -0.25) is 19.6 Å². The lowest BCUT2D eigenvalue weighted by Crippen LogP contribution is -2.71. The predicted molar refractivity (Wildman–Crippen MR) is 155 cm³/mol. The van der Waals surface area contributed by atoms with Crippen molar-refractivity contribution in [1.29, 1.82) is 0 Å². The molecule has 0 spiro atoms. The highest BCUT2D eigenvalue weighted by atomic mass is 32.2. The van der Waals surface area contributed by atoms with Gasteiger partial charge in [0.1, 0.15) is 25.1 Å². The monoisotopic (exact) mass is 684 g/mol. The minimum absolute atomic E-state index is 0.0774. The van der Waals surface area contributed by atoms with E-state index >= 15 is 0 Å². The Morgan fingerprint density at radius 3 is 2.74 bits per heavy atom. The summed E-state index contributed by atoms with van der Waals surface area (Å²) in [5.74, 6) is -3.19. The van der Waals surface area contributed by atoms with Crippen molar-refractivity contribution < 1.29 is 43.2 Å². The lowest BCUT2D eigenvalue weighted by atomic mass is 10.0. The van der Waals surface area contributed by atoms with Crippen LogP contribution in [0.15, 0.2) is 50.0 Å². The van der Waals surface area contributed by atoms with Gasteiger partial charge in [-0.1, -0.05) is 16.9 Å². The minimum atomic E-state index is -4.68. The molecule has 16 nitrogen and oxygen atoms in total. The third kappa shape index (κ3) is 6.90. The molecule has 5 heterocycles. The van der Waals surface area contributed by atoms with Crippen LogP contribution in [-0.4, -0.2) is 76.3 Å². The number of amides is 2. The number of aryl methyl sites for hydroxylation is 1.